The summed E-state index contributed by atoms with van der Waals surface area (Å²) in [5.74, 6) is 1.10. The van der Waals surface area contributed by atoms with Crippen LogP contribution in [-0.2, 0) is 24.3 Å². The standard InChI is InChI=1S/C19H24N4O2S/c24-18-4-3-15(14-1-2-14)21-23(18)11-13-5-8-22(9-6-13)19-20-16-7-10-25-12-17(16)26-19/h3-4,13-14H,1-2,5-12H2. The van der Waals surface area contributed by atoms with Crippen molar-refractivity contribution < 1.29 is 4.74 Å². The molecule has 1 saturated carbocycles. The van der Waals surface area contributed by atoms with Crippen molar-refractivity contribution in [1.82, 2.24) is 14.8 Å². The van der Waals surface area contributed by atoms with Gasteiger partial charge in [0.2, 0.25) is 0 Å². The van der Waals surface area contributed by atoms with Crippen molar-refractivity contribution in [1.29, 1.82) is 0 Å². The Hall–Kier alpha value is -1.73. The van der Waals surface area contributed by atoms with E-state index in [1.165, 1.54) is 23.4 Å². The first-order valence-corrected chi connectivity index (χ1v) is 10.5. The Morgan fingerprint density at radius 1 is 1.19 bits per heavy atom. The summed E-state index contributed by atoms with van der Waals surface area (Å²) in [6, 6.07) is 3.60. The fourth-order valence-corrected chi connectivity index (χ4v) is 4.99. The average Bonchev–Trinajstić information content (AvgIpc) is 3.42. The summed E-state index contributed by atoms with van der Waals surface area (Å²) in [5, 5.41) is 5.76. The van der Waals surface area contributed by atoms with Crippen molar-refractivity contribution in [2.45, 2.75) is 51.2 Å². The summed E-state index contributed by atoms with van der Waals surface area (Å²) >= 11 is 1.78. The van der Waals surface area contributed by atoms with Gasteiger partial charge in [0.25, 0.3) is 5.56 Å². The quantitative estimate of drug-likeness (QED) is 0.825. The maximum atomic E-state index is 12.2. The molecule has 2 aliphatic heterocycles. The van der Waals surface area contributed by atoms with E-state index in [4.69, 9.17) is 9.72 Å². The molecule has 0 radical (unpaired) electrons. The number of ether oxygens (including phenoxy) is 1. The second-order valence-corrected chi connectivity index (χ2v) is 8.71. The van der Waals surface area contributed by atoms with Gasteiger partial charge in [0.05, 0.1) is 29.5 Å². The number of hydrogen-bond donors (Lipinski definition) is 0. The van der Waals surface area contributed by atoms with Gasteiger partial charge in [-0.15, -0.1) is 0 Å². The summed E-state index contributed by atoms with van der Waals surface area (Å²) in [7, 11) is 0. The number of fused-ring (bicyclic) bond motifs is 1. The van der Waals surface area contributed by atoms with Gasteiger partial charge in [-0.2, -0.15) is 5.10 Å². The van der Waals surface area contributed by atoms with Crippen LogP contribution in [-0.4, -0.2) is 34.5 Å². The normalized spacial score (nSPS) is 21.0. The number of aromatic nitrogens is 3. The van der Waals surface area contributed by atoms with Gasteiger partial charge in [0, 0.05) is 38.0 Å². The topological polar surface area (TPSA) is 60.2 Å². The monoisotopic (exact) mass is 372 g/mol. The molecule has 138 valence electrons. The Morgan fingerprint density at radius 2 is 2.04 bits per heavy atom. The highest BCUT2D eigenvalue weighted by Gasteiger charge is 2.27. The summed E-state index contributed by atoms with van der Waals surface area (Å²) in [6.45, 7) is 4.27. The molecule has 26 heavy (non-hydrogen) atoms. The molecule has 4 heterocycles. The van der Waals surface area contributed by atoms with E-state index >= 15 is 0 Å². The minimum absolute atomic E-state index is 0.0319. The Morgan fingerprint density at radius 3 is 2.81 bits per heavy atom. The summed E-state index contributed by atoms with van der Waals surface area (Å²) < 4.78 is 7.24. The first-order valence-electron chi connectivity index (χ1n) is 9.65. The predicted octanol–water partition coefficient (Wildman–Crippen LogP) is 2.57. The third kappa shape index (κ3) is 3.30. The number of nitrogens with zero attached hydrogens (tertiary/aromatic N) is 4. The average molecular weight is 372 g/mol. The lowest BCUT2D eigenvalue weighted by Gasteiger charge is -2.31. The van der Waals surface area contributed by atoms with E-state index < -0.39 is 0 Å². The van der Waals surface area contributed by atoms with Gasteiger partial charge in [0.15, 0.2) is 5.13 Å². The zero-order valence-corrected chi connectivity index (χ0v) is 15.7. The number of thiazole rings is 1. The molecule has 0 spiro atoms. The number of rotatable bonds is 4. The molecule has 2 fully saturated rings. The summed E-state index contributed by atoms with van der Waals surface area (Å²) in [6.07, 6.45) is 5.54. The van der Waals surface area contributed by atoms with Crippen LogP contribution in [0.3, 0.4) is 0 Å². The Balaban J connectivity index is 1.23. The van der Waals surface area contributed by atoms with Gasteiger partial charge in [-0.3, -0.25) is 4.79 Å². The molecule has 5 rings (SSSR count). The maximum Gasteiger partial charge on any atom is 0.266 e. The van der Waals surface area contributed by atoms with Gasteiger partial charge >= 0.3 is 0 Å². The zero-order valence-electron chi connectivity index (χ0n) is 14.9. The smallest absolute Gasteiger partial charge is 0.266 e. The molecule has 0 N–H and O–H groups in total. The van der Waals surface area contributed by atoms with Gasteiger partial charge < -0.3 is 9.64 Å². The minimum atomic E-state index is 0.0319. The fraction of sp³-hybridized carbons (Fsp3) is 0.632. The van der Waals surface area contributed by atoms with E-state index in [0.29, 0.717) is 11.8 Å². The summed E-state index contributed by atoms with van der Waals surface area (Å²) in [4.78, 5) is 20.7. The number of anilines is 1. The van der Waals surface area contributed by atoms with E-state index in [2.05, 4.69) is 10.00 Å². The predicted molar refractivity (Wildman–Crippen MR) is 101 cm³/mol. The van der Waals surface area contributed by atoms with Gasteiger partial charge in [-0.25, -0.2) is 9.67 Å². The molecule has 0 unspecified atom stereocenters. The van der Waals surface area contributed by atoms with Gasteiger partial charge in [-0.05, 0) is 37.7 Å². The molecule has 0 atom stereocenters. The highest BCUT2D eigenvalue weighted by Crippen LogP contribution is 2.38. The molecular formula is C19H24N4O2S. The molecule has 2 aromatic rings. The number of piperidine rings is 1. The van der Waals surface area contributed by atoms with Crippen molar-refractivity contribution in [2.75, 3.05) is 24.6 Å². The second-order valence-electron chi connectivity index (χ2n) is 7.65. The Kier molecular flexibility index (Phi) is 4.29. The maximum absolute atomic E-state index is 12.2. The van der Waals surface area contributed by atoms with Crippen LogP contribution in [0, 0.1) is 5.92 Å². The van der Waals surface area contributed by atoms with Crippen LogP contribution in [0.25, 0.3) is 0 Å². The lowest BCUT2D eigenvalue weighted by molar-refractivity contribution is 0.112. The Bertz CT molecular complexity index is 826. The Labute approximate surface area is 156 Å². The SMILES string of the molecule is O=c1ccc(C2CC2)nn1CC1CCN(c2nc3c(s2)COCC3)CC1. The van der Waals surface area contributed by atoms with E-state index in [-0.39, 0.29) is 5.56 Å². The van der Waals surface area contributed by atoms with Crippen LogP contribution in [0.15, 0.2) is 16.9 Å². The van der Waals surface area contributed by atoms with Crippen molar-refractivity contribution in [3.63, 3.8) is 0 Å². The van der Waals surface area contributed by atoms with E-state index in [9.17, 15) is 4.79 Å². The van der Waals surface area contributed by atoms with Crippen molar-refractivity contribution in [3.8, 4) is 0 Å². The highest BCUT2D eigenvalue weighted by molar-refractivity contribution is 7.15. The minimum Gasteiger partial charge on any atom is -0.375 e. The highest BCUT2D eigenvalue weighted by atomic mass is 32.1. The molecule has 6 nitrogen and oxygen atoms in total. The van der Waals surface area contributed by atoms with Crippen molar-refractivity contribution >= 4 is 16.5 Å². The molecule has 2 aromatic heterocycles. The van der Waals surface area contributed by atoms with Gasteiger partial charge in [0.1, 0.15) is 0 Å². The molecule has 1 aliphatic carbocycles. The lowest BCUT2D eigenvalue weighted by Crippen LogP contribution is -2.37. The van der Waals surface area contributed by atoms with Crippen LogP contribution in [0.5, 0.6) is 0 Å². The third-order valence-corrected chi connectivity index (χ3v) is 6.81. The molecule has 1 saturated heterocycles. The first kappa shape index (κ1) is 16.4. The molecule has 0 bridgehead atoms. The van der Waals surface area contributed by atoms with E-state index in [0.717, 1.165) is 62.9 Å². The molecule has 7 heteroatoms. The molecule has 0 amide bonds. The molecule has 0 aromatic carbocycles. The second kappa shape index (κ2) is 6.78. The van der Waals surface area contributed by atoms with E-state index in [1.54, 1.807) is 22.1 Å². The first-order chi connectivity index (χ1) is 12.8. The zero-order chi connectivity index (χ0) is 17.5. The van der Waals surface area contributed by atoms with Crippen molar-refractivity contribution in [3.05, 3.63) is 38.8 Å². The van der Waals surface area contributed by atoms with E-state index in [1.807, 2.05) is 6.07 Å². The van der Waals surface area contributed by atoms with Crippen LogP contribution in [0.1, 0.15) is 47.9 Å². The summed E-state index contributed by atoms with van der Waals surface area (Å²) in [5.41, 5.74) is 2.35. The fourth-order valence-electron chi connectivity index (χ4n) is 3.89. The largest absolute Gasteiger partial charge is 0.375 e. The van der Waals surface area contributed by atoms with Crippen molar-refractivity contribution in [2.24, 2.45) is 5.92 Å². The lowest BCUT2D eigenvalue weighted by atomic mass is 9.97. The molecule has 3 aliphatic rings. The van der Waals surface area contributed by atoms with Crippen LogP contribution < -0.4 is 10.5 Å². The molecular weight excluding hydrogens is 348 g/mol. The van der Waals surface area contributed by atoms with Gasteiger partial charge in [-0.1, -0.05) is 11.3 Å². The third-order valence-electron chi connectivity index (χ3n) is 5.68. The van der Waals surface area contributed by atoms with Crippen LogP contribution >= 0.6 is 11.3 Å². The van der Waals surface area contributed by atoms with Crippen LogP contribution in [0.2, 0.25) is 0 Å². The number of hydrogen-bond acceptors (Lipinski definition) is 6. The van der Waals surface area contributed by atoms with Crippen LogP contribution in [0.4, 0.5) is 5.13 Å².